The molecule has 0 bridgehead atoms. The molecular formula is C14H15N3O3. The van der Waals surface area contributed by atoms with Crippen LogP contribution in [0.5, 0.6) is 5.88 Å². The van der Waals surface area contributed by atoms with Crippen LogP contribution in [0.2, 0.25) is 0 Å². The number of aromatic carboxylic acids is 1. The Morgan fingerprint density at radius 3 is 2.60 bits per heavy atom. The molecule has 104 valence electrons. The maximum Gasteiger partial charge on any atom is 0.335 e. The predicted octanol–water partition coefficient (Wildman–Crippen LogP) is 1.82. The second kappa shape index (κ2) is 6.01. The predicted molar refractivity (Wildman–Crippen MR) is 74.1 cm³/mol. The number of carboxylic acids is 1. The number of anilines is 1. The molecule has 1 aromatic heterocycles. The van der Waals surface area contributed by atoms with Crippen LogP contribution in [-0.2, 0) is 6.54 Å². The van der Waals surface area contributed by atoms with Gasteiger partial charge in [-0.1, -0.05) is 12.1 Å². The van der Waals surface area contributed by atoms with Gasteiger partial charge in [-0.25, -0.2) is 14.8 Å². The molecule has 0 spiro atoms. The van der Waals surface area contributed by atoms with Gasteiger partial charge in [0.25, 0.3) is 0 Å². The van der Waals surface area contributed by atoms with Gasteiger partial charge in [-0.15, -0.1) is 0 Å². The third-order valence-electron chi connectivity index (χ3n) is 2.85. The zero-order valence-electron chi connectivity index (χ0n) is 11.3. The van der Waals surface area contributed by atoms with E-state index in [-0.39, 0.29) is 5.56 Å². The Morgan fingerprint density at radius 1 is 1.30 bits per heavy atom. The minimum atomic E-state index is -0.926. The van der Waals surface area contributed by atoms with Crippen LogP contribution in [0.4, 0.5) is 5.82 Å². The molecule has 0 radical (unpaired) electrons. The van der Waals surface area contributed by atoms with Crippen molar-refractivity contribution in [3.63, 3.8) is 0 Å². The van der Waals surface area contributed by atoms with Gasteiger partial charge < -0.3 is 14.7 Å². The number of carbonyl (C=O) groups is 1. The number of aromatic nitrogens is 2. The molecule has 2 rings (SSSR count). The number of methoxy groups -OCH3 is 1. The minimum Gasteiger partial charge on any atom is -0.481 e. The largest absolute Gasteiger partial charge is 0.481 e. The highest BCUT2D eigenvalue weighted by atomic mass is 16.5. The SMILES string of the molecule is COc1cc(N(C)Cc2ccc(C(=O)O)cc2)ncn1. The van der Waals surface area contributed by atoms with E-state index in [1.54, 1.807) is 37.4 Å². The van der Waals surface area contributed by atoms with Gasteiger partial charge in [-0.3, -0.25) is 0 Å². The Labute approximate surface area is 116 Å². The molecule has 6 nitrogen and oxygen atoms in total. The summed E-state index contributed by atoms with van der Waals surface area (Å²) in [6, 6.07) is 8.50. The highest BCUT2D eigenvalue weighted by Gasteiger charge is 2.07. The third-order valence-corrected chi connectivity index (χ3v) is 2.85. The molecule has 1 heterocycles. The molecule has 1 N–H and O–H groups in total. The number of nitrogens with zero attached hydrogens (tertiary/aromatic N) is 3. The van der Waals surface area contributed by atoms with E-state index in [0.29, 0.717) is 12.4 Å². The Bertz CT molecular complexity index is 599. The molecule has 0 amide bonds. The lowest BCUT2D eigenvalue weighted by Crippen LogP contribution is -2.17. The smallest absolute Gasteiger partial charge is 0.335 e. The summed E-state index contributed by atoms with van der Waals surface area (Å²) in [7, 11) is 3.45. The lowest BCUT2D eigenvalue weighted by atomic mass is 10.1. The summed E-state index contributed by atoms with van der Waals surface area (Å²) in [4.78, 5) is 20.8. The van der Waals surface area contributed by atoms with E-state index >= 15 is 0 Å². The Morgan fingerprint density at radius 2 is 2.00 bits per heavy atom. The summed E-state index contributed by atoms with van der Waals surface area (Å²) < 4.78 is 5.05. The van der Waals surface area contributed by atoms with Gasteiger partial charge in [0.1, 0.15) is 12.1 Å². The molecule has 0 atom stereocenters. The van der Waals surface area contributed by atoms with Gasteiger partial charge in [0.15, 0.2) is 0 Å². The number of ether oxygens (including phenoxy) is 1. The second-order valence-electron chi connectivity index (χ2n) is 4.28. The van der Waals surface area contributed by atoms with Crippen LogP contribution in [0.3, 0.4) is 0 Å². The number of carboxylic acid groups (broad SMARTS) is 1. The normalized spacial score (nSPS) is 10.1. The van der Waals surface area contributed by atoms with Crippen molar-refractivity contribution in [3.05, 3.63) is 47.8 Å². The fraction of sp³-hybridized carbons (Fsp3) is 0.214. The van der Waals surface area contributed by atoms with E-state index in [0.717, 1.165) is 11.4 Å². The number of rotatable bonds is 5. The van der Waals surface area contributed by atoms with Gasteiger partial charge in [0, 0.05) is 19.7 Å². The maximum atomic E-state index is 10.8. The Balaban J connectivity index is 2.10. The van der Waals surface area contributed by atoms with Crippen molar-refractivity contribution in [1.29, 1.82) is 0 Å². The summed E-state index contributed by atoms with van der Waals surface area (Å²) in [5.41, 5.74) is 1.27. The lowest BCUT2D eigenvalue weighted by Gasteiger charge is -2.18. The number of hydrogen-bond donors (Lipinski definition) is 1. The van der Waals surface area contributed by atoms with Crippen LogP contribution in [-0.4, -0.2) is 35.2 Å². The molecule has 0 fully saturated rings. The molecule has 0 aliphatic heterocycles. The maximum absolute atomic E-state index is 10.8. The van der Waals surface area contributed by atoms with E-state index in [2.05, 4.69) is 9.97 Å². The first-order valence-electron chi connectivity index (χ1n) is 5.99. The van der Waals surface area contributed by atoms with Crippen LogP contribution < -0.4 is 9.64 Å². The van der Waals surface area contributed by atoms with Crippen LogP contribution in [0.25, 0.3) is 0 Å². The van der Waals surface area contributed by atoms with Crippen molar-refractivity contribution in [2.24, 2.45) is 0 Å². The topological polar surface area (TPSA) is 75.5 Å². The van der Waals surface area contributed by atoms with Crippen molar-refractivity contribution in [2.45, 2.75) is 6.54 Å². The number of benzene rings is 1. The number of hydrogen-bond acceptors (Lipinski definition) is 5. The molecule has 0 saturated carbocycles. The first-order valence-corrected chi connectivity index (χ1v) is 5.99. The van der Waals surface area contributed by atoms with E-state index in [9.17, 15) is 4.79 Å². The van der Waals surface area contributed by atoms with Crippen LogP contribution in [0.15, 0.2) is 36.7 Å². The molecular weight excluding hydrogens is 258 g/mol. The molecule has 1 aromatic carbocycles. The Kier molecular flexibility index (Phi) is 4.14. The summed E-state index contributed by atoms with van der Waals surface area (Å²) in [6.45, 7) is 0.611. The molecule has 0 aliphatic rings. The van der Waals surface area contributed by atoms with Crippen molar-refractivity contribution in [2.75, 3.05) is 19.1 Å². The summed E-state index contributed by atoms with van der Waals surface area (Å²) in [5.74, 6) is 0.313. The van der Waals surface area contributed by atoms with E-state index < -0.39 is 5.97 Å². The van der Waals surface area contributed by atoms with Gasteiger partial charge in [0.2, 0.25) is 5.88 Å². The summed E-state index contributed by atoms with van der Waals surface area (Å²) >= 11 is 0. The average Bonchev–Trinajstić information content (AvgIpc) is 2.47. The van der Waals surface area contributed by atoms with Crippen molar-refractivity contribution < 1.29 is 14.6 Å². The summed E-state index contributed by atoms with van der Waals surface area (Å²) in [5, 5.41) is 8.85. The summed E-state index contributed by atoms with van der Waals surface area (Å²) in [6.07, 6.45) is 1.44. The molecule has 0 aliphatic carbocycles. The molecule has 0 saturated heterocycles. The van der Waals surface area contributed by atoms with Crippen molar-refractivity contribution >= 4 is 11.8 Å². The fourth-order valence-corrected chi connectivity index (χ4v) is 1.76. The van der Waals surface area contributed by atoms with Crippen LogP contribution in [0, 0.1) is 0 Å². The Hall–Kier alpha value is -2.63. The lowest BCUT2D eigenvalue weighted by molar-refractivity contribution is 0.0697. The first kappa shape index (κ1) is 13.8. The van der Waals surface area contributed by atoms with E-state index in [1.807, 2.05) is 11.9 Å². The minimum absolute atomic E-state index is 0.278. The quantitative estimate of drug-likeness (QED) is 0.895. The van der Waals surface area contributed by atoms with Gasteiger partial charge in [0.05, 0.1) is 12.7 Å². The van der Waals surface area contributed by atoms with Gasteiger partial charge >= 0.3 is 5.97 Å². The fourth-order valence-electron chi connectivity index (χ4n) is 1.76. The van der Waals surface area contributed by atoms with Crippen molar-refractivity contribution in [1.82, 2.24) is 9.97 Å². The average molecular weight is 273 g/mol. The zero-order valence-corrected chi connectivity index (χ0v) is 11.3. The molecule has 0 unspecified atom stereocenters. The zero-order chi connectivity index (χ0) is 14.5. The second-order valence-corrected chi connectivity index (χ2v) is 4.28. The molecule has 2 aromatic rings. The van der Waals surface area contributed by atoms with E-state index in [4.69, 9.17) is 9.84 Å². The van der Waals surface area contributed by atoms with Gasteiger partial charge in [-0.2, -0.15) is 0 Å². The van der Waals surface area contributed by atoms with E-state index in [1.165, 1.54) is 6.33 Å². The van der Waals surface area contributed by atoms with Crippen molar-refractivity contribution in [3.8, 4) is 5.88 Å². The highest BCUT2D eigenvalue weighted by Crippen LogP contribution is 2.16. The standard InChI is InChI=1S/C14H15N3O3/c1-17(12-7-13(20-2)16-9-15-12)8-10-3-5-11(6-4-10)14(18)19/h3-7,9H,8H2,1-2H3,(H,18,19). The highest BCUT2D eigenvalue weighted by molar-refractivity contribution is 5.87. The molecule has 20 heavy (non-hydrogen) atoms. The molecule has 6 heteroatoms. The van der Waals surface area contributed by atoms with Crippen LogP contribution in [0.1, 0.15) is 15.9 Å². The van der Waals surface area contributed by atoms with Crippen LogP contribution >= 0.6 is 0 Å². The first-order chi connectivity index (χ1) is 9.60. The third kappa shape index (κ3) is 3.23. The van der Waals surface area contributed by atoms with Gasteiger partial charge in [-0.05, 0) is 17.7 Å². The monoisotopic (exact) mass is 273 g/mol.